The molecule has 138 valence electrons. The van der Waals surface area contributed by atoms with Crippen LogP contribution >= 0.6 is 0 Å². The highest BCUT2D eigenvalue weighted by molar-refractivity contribution is 5.78. The molecule has 1 aromatic heterocycles. The number of hydrogen-bond acceptors (Lipinski definition) is 4. The fourth-order valence-corrected chi connectivity index (χ4v) is 3.97. The van der Waals surface area contributed by atoms with Crippen molar-refractivity contribution in [2.45, 2.75) is 33.1 Å². The van der Waals surface area contributed by atoms with Crippen molar-refractivity contribution in [3.05, 3.63) is 24.4 Å². The highest BCUT2D eigenvalue weighted by Gasteiger charge is 2.28. The second-order valence-electron chi connectivity index (χ2n) is 7.58. The van der Waals surface area contributed by atoms with Gasteiger partial charge in [0.05, 0.1) is 0 Å². The molecule has 25 heavy (non-hydrogen) atoms. The van der Waals surface area contributed by atoms with Crippen molar-refractivity contribution in [1.29, 1.82) is 0 Å². The molecule has 3 rings (SSSR count). The molecule has 2 aliphatic heterocycles. The first kappa shape index (κ1) is 18.2. The van der Waals surface area contributed by atoms with Crippen molar-refractivity contribution in [3.8, 4) is 0 Å². The van der Waals surface area contributed by atoms with Crippen LogP contribution in [0.25, 0.3) is 0 Å². The van der Waals surface area contributed by atoms with Crippen LogP contribution in [-0.4, -0.2) is 66.5 Å². The first-order valence-corrected chi connectivity index (χ1v) is 9.84. The largest absolute Gasteiger partial charge is 0.354 e. The summed E-state index contributed by atoms with van der Waals surface area (Å²) in [6.45, 7) is 11.4. The number of nitrogens with zero attached hydrogens (tertiary/aromatic N) is 4. The Hall–Kier alpha value is -1.62. The Morgan fingerprint density at radius 3 is 2.72 bits per heavy atom. The van der Waals surface area contributed by atoms with Gasteiger partial charge in [-0.05, 0) is 37.3 Å². The van der Waals surface area contributed by atoms with Crippen molar-refractivity contribution >= 4 is 11.7 Å². The average Bonchev–Trinajstić information content (AvgIpc) is 2.68. The number of carbonyl (C=O) groups is 1. The zero-order chi connectivity index (χ0) is 17.6. The monoisotopic (exact) mass is 344 g/mol. The van der Waals surface area contributed by atoms with Crippen LogP contribution in [0, 0.1) is 11.8 Å². The fraction of sp³-hybridized carbons (Fsp3) is 0.700. The van der Waals surface area contributed by atoms with Crippen LogP contribution in [0.2, 0.25) is 0 Å². The molecule has 0 bridgehead atoms. The van der Waals surface area contributed by atoms with Gasteiger partial charge in [0, 0.05) is 57.9 Å². The molecule has 0 aliphatic carbocycles. The van der Waals surface area contributed by atoms with E-state index in [2.05, 4.69) is 45.7 Å². The summed E-state index contributed by atoms with van der Waals surface area (Å²) in [6.07, 6.45) is 5.22. The van der Waals surface area contributed by atoms with Crippen LogP contribution in [0.3, 0.4) is 0 Å². The molecular formula is C20H32N4O. The molecule has 2 atom stereocenters. The first-order valence-electron chi connectivity index (χ1n) is 9.84. The lowest BCUT2D eigenvalue weighted by molar-refractivity contribution is -0.137. The van der Waals surface area contributed by atoms with Gasteiger partial charge in [0.1, 0.15) is 5.82 Å². The third kappa shape index (κ3) is 4.72. The Balaban J connectivity index is 1.46. The van der Waals surface area contributed by atoms with Crippen molar-refractivity contribution in [2.24, 2.45) is 11.8 Å². The Kier molecular flexibility index (Phi) is 6.29. The Labute approximate surface area is 152 Å². The molecule has 0 unspecified atom stereocenters. The number of aromatic nitrogens is 1. The summed E-state index contributed by atoms with van der Waals surface area (Å²) >= 11 is 0. The summed E-state index contributed by atoms with van der Waals surface area (Å²) in [6, 6.07) is 6.12. The summed E-state index contributed by atoms with van der Waals surface area (Å²) < 4.78 is 0. The third-order valence-corrected chi connectivity index (χ3v) is 5.73. The number of carbonyl (C=O) groups excluding carboxylic acids is 1. The smallest absolute Gasteiger partial charge is 0.225 e. The lowest BCUT2D eigenvalue weighted by Crippen LogP contribution is -2.50. The van der Waals surface area contributed by atoms with Crippen LogP contribution in [0.15, 0.2) is 24.4 Å². The Bertz CT molecular complexity index is 542. The molecule has 0 N–H and O–H groups in total. The van der Waals surface area contributed by atoms with Crippen molar-refractivity contribution in [3.63, 3.8) is 0 Å². The van der Waals surface area contributed by atoms with Gasteiger partial charge < -0.3 is 9.80 Å². The maximum Gasteiger partial charge on any atom is 0.225 e. The molecule has 1 aromatic rings. The number of rotatable bonds is 5. The molecule has 2 fully saturated rings. The topological polar surface area (TPSA) is 39.7 Å². The normalized spacial score (nSPS) is 23.5. The van der Waals surface area contributed by atoms with Crippen LogP contribution in [0.5, 0.6) is 0 Å². The number of hydrogen-bond donors (Lipinski definition) is 0. The van der Waals surface area contributed by atoms with E-state index in [0.717, 1.165) is 64.5 Å². The van der Waals surface area contributed by atoms with E-state index in [-0.39, 0.29) is 5.92 Å². The van der Waals surface area contributed by atoms with E-state index in [1.807, 2.05) is 12.3 Å². The van der Waals surface area contributed by atoms with E-state index in [1.165, 1.54) is 6.42 Å². The van der Waals surface area contributed by atoms with E-state index in [4.69, 9.17) is 0 Å². The van der Waals surface area contributed by atoms with Gasteiger partial charge in [0.15, 0.2) is 0 Å². The minimum Gasteiger partial charge on any atom is -0.354 e. The summed E-state index contributed by atoms with van der Waals surface area (Å²) in [4.78, 5) is 24.0. The van der Waals surface area contributed by atoms with E-state index in [1.54, 1.807) is 0 Å². The maximum atomic E-state index is 12.5. The number of amides is 1. The van der Waals surface area contributed by atoms with Crippen LogP contribution in [0.1, 0.15) is 33.1 Å². The highest BCUT2D eigenvalue weighted by atomic mass is 16.2. The number of likely N-dealkylation sites (tertiary alicyclic amines) is 1. The molecule has 0 radical (unpaired) electrons. The van der Waals surface area contributed by atoms with Gasteiger partial charge in [0.2, 0.25) is 5.91 Å². The van der Waals surface area contributed by atoms with Gasteiger partial charge in [-0.25, -0.2) is 4.98 Å². The zero-order valence-corrected chi connectivity index (χ0v) is 15.7. The van der Waals surface area contributed by atoms with E-state index < -0.39 is 0 Å². The average molecular weight is 345 g/mol. The second-order valence-corrected chi connectivity index (χ2v) is 7.58. The SMILES string of the molecule is CC[C@@H](C)C(=O)N1CCC[C@@H](CN2CCN(c3ccccn3)CC2)C1. The van der Waals surface area contributed by atoms with E-state index in [9.17, 15) is 4.79 Å². The number of pyridine rings is 1. The van der Waals surface area contributed by atoms with E-state index >= 15 is 0 Å². The zero-order valence-electron chi connectivity index (χ0n) is 15.7. The number of piperazine rings is 1. The minimum absolute atomic E-state index is 0.167. The Morgan fingerprint density at radius 1 is 1.24 bits per heavy atom. The minimum atomic E-state index is 0.167. The first-order chi connectivity index (χ1) is 12.2. The van der Waals surface area contributed by atoms with Gasteiger partial charge in [-0.15, -0.1) is 0 Å². The predicted molar refractivity (Wildman–Crippen MR) is 102 cm³/mol. The van der Waals surface area contributed by atoms with Gasteiger partial charge >= 0.3 is 0 Å². The van der Waals surface area contributed by atoms with Crippen molar-refractivity contribution in [2.75, 3.05) is 50.7 Å². The van der Waals surface area contributed by atoms with Crippen molar-refractivity contribution in [1.82, 2.24) is 14.8 Å². The molecule has 5 heteroatoms. The summed E-state index contributed by atoms with van der Waals surface area (Å²) in [5, 5.41) is 0. The maximum absolute atomic E-state index is 12.5. The van der Waals surface area contributed by atoms with Crippen LogP contribution in [-0.2, 0) is 4.79 Å². The summed E-state index contributed by atoms with van der Waals surface area (Å²) in [5.74, 6) is 2.24. The van der Waals surface area contributed by atoms with Gasteiger partial charge in [-0.2, -0.15) is 0 Å². The second kappa shape index (κ2) is 8.65. The van der Waals surface area contributed by atoms with Gasteiger partial charge in [0.25, 0.3) is 0 Å². The third-order valence-electron chi connectivity index (χ3n) is 5.73. The van der Waals surface area contributed by atoms with Gasteiger partial charge in [-0.3, -0.25) is 9.69 Å². The standard InChI is InChI=1S/C20H32N4O/c1-3-17(2)20(25)24-10-6-7-18(16-24)15-22-11-13-23(14-12-22)19-8-4-5-9-21-19/h4-5,8-9,17-18H,3,6-7,10-16H2,1-2H3/t17-,18+/m1/s1. The lowest BCUT2D eigenvalue weighted by Gasteiger charge is -2.40. The summed E-state index contributed by atoms with van der Waals surface area (Å²) in [5.41, 5.74) is 0. The molecular weight excluding hydrogens is 312 g/mol. The highest BCUT2D eigenvalue weighted by Crippen LogP contribution is 2.21. The van der Waals surface area contributed by atoms with Crippen molar-refractivity contribution < 1.29 is 4.79 Å². The van der Waals surface area contributed by atoms with Crippen LogP contribution < -0.4 is 4.90 Å². The fourth-order valence-electron chi connectivity index (χ4n) is 3.97. The molecule has 5 nitrogen and oxygen atoms in total. The molecule has 2 saturated heterocycles. The molecule has 0 saturated carbocycles. The number of piperidine rings is 1. The molecule has 3 heterocycles. The lowest BCUT2D eigenvalue weighted by atomic mass is 9.95. The molecule has 0 aromatic carbocycles. The predicted octanol–water partition coefficient (Wildman–Crippen LogP) is 2.49. The quantitative estimate of drug-likeness (QED) is 0.823. The number of anilines is 1. The molecule has 2 aliphatic rings. The van der Waals surface area contributed by atoms with E-state index in [0.29, 0.717) is 11.8 Å². The molecule has 1 amide bonds. The van der Waals surface area contributed by atoms with Gasteiger partial charge in [-0.1, -0.05) is 19.9 Å². The van der Waals surface area contributed by atoms with Crippen LogP contribution in [0.4, 0.5) is 5.82 Å². The Morgan fingerprint density at radius 2 is 2.04 bits per heavy atom. The molecule has 0 spiro atoms. The summed E-state index contributed by atoms with van der Waals surface area (Å²) in [7, 11) is 0.